The number of nitrogens with one attached hydrogen (secondary N) is 2. The van der Waals surface area contributed by atoms with E-state index in [0.29, 0.717) is 6.42 Å². The second kappa shape index (κ2) is 8.33. The monoisotopic (exact) mass is 403 g/mol. The number of carbonyl (C=O) groups excluding carboxylic acids is 3. The summed E-state index contributed by atoms with van der Waals surface area (Å²) in [4.78, 5) is 36.3. The number of carbonyl (C=O) groups is 3. The van der Waals surface area contributed by atoms with E-state index in [1.165, 1.54) is 19.3 Å². The number of amides is 2. The Bertz CT molecular complexity index is 676. The number of ether oxygens (including phenoxy) is 1. The first-order valence-corrected chi connectivity index (χ1v) is 10.8. The molecule has 0 radical (unpaired) electrons. The fraction of sp³-hybridized carbons (Fsp3) is 0.818. The molecule has 0 saturated heterocycles. The maximum Gasteiger partial charge on any atom is 0.325 e. The highest BCUT2D eigenvalue weighted by Gasteiger charge is 2.51. The van der Waals surface area contributed by atoms with Crippen LogP contribution >= 0.6 is 0 Å². The zero-order chi connectivity index (χ0) is 21.2. The normalized spacial score (nSPS) is 31.6. The molecule has 4 bridgehead atoms. The van der Waals surface area contributed by atoms with Gasteiger partial charge in [-0.25, -0.2) is 0 Å². The number of nitrogens with zero attached hydrogens (tertiary/aromatic N) is 1. The van der Waals surface area contributed by atoms with Crippen molar-refractivity contribution in [1.29, 1.82) is 5.26 Å². The van der Waals surface area contributed by atoms with Crippen molar-refractivity contribution in [1.82, 2.24) is 10.6 Å². The summed E-state index contributed by atoms with van der Waals surface area (Å²) in [6.45, 7) is 4.58. The zero-order valence-corrected chi connectivity index (χ0v) is 17.8. The predicted octanol–water partition coefficient (Wildman–Crippen LogP) is 2.31. The molecule has 29 heavy (non-hydrogen) atoms. The van der Waals surface area contributed by atoms with Crippen molar-refractivity contribution in [2.75, 3.05) is 13.2 Å². The van der Waals surface area contributed by atoms with Gasteiger partial charge in [0, 0.05) is 6.42 Å². The molecule has 4 aliphatic carbocycles. The first-order valence-electron chi connectivity index (χ1n) is 10.8. The third-order valence-corrected chi connectivity index (χ3v) is 7.28. The average Bonchev–Trinajstić information content (AvgIpc) is 2.63. The summed E-state index contributed by atoms with van der Waals surface area (Å²) in [6.07, 6.45) is 7.91. The van der Waals surface area contributed by atoms with E-state index in [4.69, 9.17) is 4.74 Å². The molecular formula is C22H33N3O4. The zero-order valence-electron chi connectivity index (χ0n) is 17.8. The van der Waals surface area contributed by atoms with Gasteiger partial charge in [0.2, 0.25) is 5.91 Å². The molecule has 1 atom stereocenters. The Morgan fingerprint density at radius 3 is 2.14 bits per heavy atom. The first-order chi connectivity index (χ1) is 13.6. The van der Waals surface area contributed by atoms with Crippen molar-refractivity contribution < 1.29 is 19.1 Å². The molecule has 0 aliphatic heterocycles. The molecule has 160 valence electrons. The van der Waals surface area contributed by atoms with Crippen LogP contribution in [-0.2, 0) is 19.1 Å². The highest BCUT2D eigenvalue weighted by atomic mass is 16.5. The highest BCUT2D eigenvalue weighted by molar-refractivity contribution is 5.84. The molecule has 0 aromatic carbocycles. The lowest BCUT2D eigenvalue weighted by atomic mass is 9.49. The van der Waals surface area contributed by atoms with Crippen LogP contribution in [0.4, 0.5) is 0 Å². The van der Waals surface area contributed by atoms with Crippen LogP contribution in [0.15, 0.2) is 0 Å². The van der Waals surface area contributed by atoms with Crippen molar-refractivity contribution in [2.45, 2.75) is 71.3 Å². The molecule has 4 saturated carbocycles. The van der Waals surface area contributed by atoms with E-state index in [0.717, 1.165) is 37.0 Å². The molecule has 0 heterocycles. The SMILES string of the molecule is CC(C)[C@@](C)(C#N)NC(=O)COC(=O)CNC(=O)CC12CC3CC(CC(C3)C1)C2. The molecule has 4 rings (SSSR count). The number of hydrogen-bond acceptors (Lipinski definition) is 5. The van der Waals surface area contributed by atoms with Gasteiger partial charge in [0.15, 0.2) is 6.61 Å². The fourth-order valence-corrected chi connectivity index (χ4v) is 5.90. The quantitative estimate of drug-likeness (QED) is 0.605. The summed E-state index contributed by atoms with van der Waals surface area (Å²) in [5.74, 6) is 0.965. The Morgan fingerprint density at radius 1 is 1.10 bits per heavy atom. The van der Waals surface area contributed by atoms with Gasteiger partial charge in [-0.1, -0.05) is 13.8 Å². The lowest BCUT2D eigenvalue weighted by Gasteiger charge is -2.56. The maximum absolute atomic E-state index is 12.4. The number of nitriles is 1. The Kier molecular flexibility index (Phi) is 6.21. The highest BCUT2D eigenvalue weighted by Crippen LogP contribution is 2.61. The van der Waals surface area contributed by atoms with E-state index < -0.39 is 24.0 Å². The second-order valence-electron chi connectivity index (χ2n) is 10.0. The largest absolute Gasteiger partial charge is 0.454 e. The third kappa shape index (κ3) is 5.09. The number of hydrogen-bond donors (Lipinski definition) is 2. The van der Waals surface area contributed by atoms with Gasteiger partial charge >= 0.3 is 5.97 Å². The van der Waals surface area contributed by atoms with Crippen molar-refractivity contribution in [3.05, 3.63) is 0 Å². The number of esters is 1. The van der Waals surface area contributed by atoms with E-state index in [9.17, 15) is 19.6 Å². The third-order valence-electron chi connectivity index (χ3n) is 7.28. The van der Waals surface area contributed by atoms with Gasteiger partial charge in [-0.15, -0.1) is 0 Å². The first kappa shape index (κ1) is 21.6. The van der Waals surface area contributed by atoms with Crippen LogP contribution in [0, 0.1) is 40.4 Å². The Hall–Kier alpha value is -2.10. The van der Waals surface area contributed by atoms with Gasteiger partial charge in [0.25, 0.3) is 5.91 Å². The van der Waals surface area contributed by atoms with Gasteiger partial charge < -0.3 is 15.4 Å². The summed E-state index contributed by atoms with van der Waals surface area (Å²) < 4.78 is 4.94. The second-order valence-corrected chi connectivity index (χ2v) is 10.0. The lowest BCUT2D eigenvalue weighted by Crippen LogP contribution is -2.50. The van der Waals surface area contributed by atoms with Gasteiger partial charge in [0.1, 0.15) is 12.1 Å². The number of rotatable bonds is 8. The molecule has 7 heteroatoms. The van der Waals surface area contributed by atoms with Crippen molar-refractivity contribution in [2.24, 2.45) is 29.1 Å². The summed E-state index contributed by atoms with van der Waals surface area (Å²) in [6, 6.07) is 2.07. The summed E-state index contributed by atoms with van der Waals surface area (Å²) in [7, 11) is 0. The van der Waals surface area contributed by atoms with E-state index in [2.05, 4.69) is 16.7 Å². The lowest BCUT2D eigenvalue weighted by molar-refractivity contribution is -0.149. The van der Waals surface area contributed by atoms with Gasteiger partial charge in [-0.2, -0.15) is 5.26 Å². The van der Waals surface area contributed by atoms with Crippen LogP contribution in [0.25, 0.3) is 0 Å². The van der Waals surface area contributed by atoms with Gasteiger partial charge in [0.05, 0.1) is 6.07 Å². The van der Waals surface area contributed by atoms with Gasteiger partial charge in [-0.3, -0.25) is 14.4 Å². The molecule has 4 aliphatic rings. The van der Waals surface area contributed by atoms with Crippen molar-refractivity contribution in [3.63, 3.8) is 0 Å². The molecule has 2 N–H and O–H groups in total. The van der Waals surface area contributed by atoms with Gasteiger partial charge in [-0.05, 0) is 74.5 Å². The molecule has 7 nitrogen and oxygen atoms in total. The molecule has 4 fully saturated rings. The van der Waals surface area contributed by atoms with E-state index in [-0.39, 0.29) is 23.8 Å². The minimum Gasteiger partial charge on any atom is -0.454 e. The Balaban J connectivity index is 1.38. The molecule has 2 amide bonds. The smallest absolute Gasteiger partial charge is 0.325 e. The molecular weight excluding hydrogens is 370 g/mol. The fourth-order valence-electron chi connectivity index (χ4n) is 5.90. The Labute approximate surface area is 172 Å². The minimum absolute atomic E-state index is 0.0870. The van der Waals surface area contributed by atoms with Crippen molar-refractivity contribution in [3.8, 4) is 6.07 Å². The summed E-state index contributed by atoms with van der Waals surface area (Å²) >= 11 is 0. The average molecular weight is 404 g/mol. The summed E-state index contributed by atoms with van der Waals surface area (Å²) in [5, 5.41) is 14.5. The Morgan fingerprint density at radius 2 is 1.66 bits per heavy atom. The molecule has 0 aromatic heterocycles. The topological polar surface area (TPSA) is 108 Å². The molecule has 0 aromatic rings. The van der Waals surface area contributed by atoms with Crippen LogP contribution in [0.1, 0.15) is 65.7 Å². The van der Waals surface area contributed by atoms with Crippen LogP contribution in [0.2, 0.25) is 0 Å². The van der Waals surface area contributed by atoms with Crippen LogP contribution in [0.3, 0.4) is 0 Å². The standard InChI is InChI=1S/C22H33N3O4/c1-14(2)21(3,13-23)25-19(27)12-29-20(28)11-24-18(26)10-22-7-15-4-16(8-22)6-17(5-15)9-22/h14-17H,4-12H2,1-3H3,(H,24,26)(H,25,27)/t15?,16?,17?,21-,22?/m1/s1. The van der Waals surface area contributed by atoms with E-state index in [1.54, 1.807) is 6.92 Å². The molecule has 0 unspecified atom stereocenters. The maximum atomic E-state index is 12.4. The van der Waals surface area contributed by atoms with Crippen LogP contribution in [-0.4, -0.2) is 36.5 Å². The summed E-state index contributed by atoms with van der Waals surface area (Å²) in [5.41, 5.74) is -0.892. The minimum atomic E-state index is -1.02. The van der Waals surface area contributed by atoms with E-state index in [1.807, 2.05) is 13.8 Å². The predicted molar refractivity (Wildman–Crippen MR) is 106 cm³/mol. The van der Waals surface area contributed by atoms with E-state index >= 15 is 0 Å². The molecule has 0 spiro atoms. The van der Waals surface area contributed by atoms with Crippen LogP contribution < -0.4 is 10.6 Å². The van der Waals surface area contributed by atoms with Crippen molar-refractivity contribution >= 4 is 17.8 Å². The van der Waals surface area contributed by atoms with Crippen LogP contribution in [0.5, 0.6) is 0 Å².